The number of fused-ring (bicyclic) bond motifs is 2. The van der Waals surface area contributed by atoms with E-state index in [1.54, 1.807) is 17.5 Å². The molecule has 2 aliphatic heterocycles. The Balaban J connectivity index is 1.24. The number of carbonyl (C=O) groups is 2. The molecule has 2 atom stereocenters. The monoisotopic (exact) mass is 540 g/mol. The second kappa shape index (κ2) is 11.0. The highest BCUT2D eigenvalue weighted by molar-refractivity contribution is 7.17. The zero-order valence-electron chi connectivity index (χ0n) is 21.6. The summed E-state index contributed by atoms with van der Waals surface area (Å²) in [5, 5.41) is 4.61. The lowest BCUT2D eigenvalue weighted by atomic mass is 9.92. The van der Waals surface area contributed by atoms with Gasteiger partial charge in [-0.3, -0.25) is 23.5 Å². The van der Waals surface area contributed by atoms with Gasteiger partial charge in [-0.15, -0.1) is 11.3 Å². The number of ether oxygens (including phenoxy) is 2. The van der Waals surface area contributed by atoms with Crippen LogP contribution in [0.15, 0.2) is 39.2 Å². The number of nitrogens with zero attached hydrogens (tertiary/aromatic N) is 3. The second-order valence-corrected chi connectivity index (χ2v) is 11.2. The van der Waals surface area contributed by atoms with Gasteiger partial charge in [0.2, 0.25) is 18.6 Å². The summed E-state index contributed by atoms with van der Waals surface area (Å²) in [6, 6.07) is 7.20. The molecule has 11 heteroatoms. The van der Waals surface area contributed by atoms with Crippen molar-refractivity contribution in [1.82, 2.24) is 19.4 Å². The van der Waals surface area contributed by atoms with E-state index in [9.17, 15) is 19.2 Å². The van der Waals surface area contributed by atoms with E-state index in [-0.39, 0.29) is 43.7 Å². The Bertz CT molecular complexity index is 1460. The minimum atomic E-state index is -0.520. The van der Waals surface area contributed by atoms with Crippen molar-refractivity contribution in [3.8, 4) is 11.5 Å². The van der Waals surface area contributed by atoms with Crippen molar-refractivity contribution in [1.29, 1.82) is 0 Å². The lowest BCUT2D eigenvalue weighted by Crippen LogP contribution is -2.47. The van der Waals surface area contributed by atoms with Crippen LogP contribution < -0.4 is 26.0 Å². The molecular formula is C27H32N4O6S. The molecule has 4 heterocycles. The predicted octanol–water partition coefficient (Wildman–Crippen LogP) is 2.55. The van der Waals surface area contributed by atoms with Crippen LogP contribution in [0.1, 0.15) is 38.7 Å². The Kier molecular flexibility index (Phi) is 7.55. The molecule has 202 valence electrons. The van der Waals surface area contributed by atoms with E-state index in [4.69, 9.17) is 9.47 Å². The van der Waals surface area contributed by atoms with E-state index in [1.807, 2.05) is 17.0 Å². The average Bonchev–Trinajstić information content (AvgIpc) is 3.56. The first-order valence-electron chi connectivity index (χ1n) is 12.9. The maximum absolute atomic E-state index is 13.4. The van der Waals surface area contributed by atoms with E-state index >= 15 is 0 Å². The van der Waals surface area contributed by atoms with Crippen molar-refractivity contribution in [3.05, 3.63) is 56.0 Å². The van der Waals surface area contributed by atoms with Crippen LogP contribution >= 0.6 is 11.3 Å². The molecule has 0 spiro atoms. The molecular weight excluding hydrogens is 508 g/mol. The van der Waals surface area contributed by atoms with Gasteiger partial charge in [-0.2, -0.15) is 0 Å². The number of nitrogens with one attached hydrogen (secondary N) is 1. The molecule has 1 fully saturated rings. The molecule has 1 N–H and O–H groups in total. The third kappa shape index (κ3) is 5.47. The molecule has 0 aliphatic carbocycles. The lowest BCUT2D eigenvalue weighted by Gasteiger charge is -2.35. The van der Waals surface area contributed by atoms with Gasteiger partial charge in [0.05, 0.1) is 5.52 Å². The molecule has 38 heavy (non-hydrogen) atoms. The van der Waals surface area contributed by atoms with Crippen molar-refractivity contribution in [2.24, 2.45) is 11.8 Å². The van der Waals surface area contributed by atoms with Gasteiger partial charge in [0.25, 0.3) is 5.56 Å². The molecule has 1 saturated heterocycles. The number of thiophene rings is 1. The van der Waals surface area contributed by atoms with Gasteiger partial charge >= 0.3 is 5.69 Å². The third-order valence-electron chi connectivity index (χ3n) is 7.06. The Morgan fingerprint density at radius 3 is 2.61 bits per heavy atom. The number of benzene rings is 1. The first-order valence-corrected chi connectivity index (χ1v) is 13.8. The molecule has 2 aliphatic rings. The van der Waals surface area contributed by atoms with Crippen molar-refractivity contribution >= 4 is 33.4 Å². The summed E-state index contributed by atoms with van der Waals surface area (Å²) in [7, 11) is 0. The Labute approximate surface area is 223 Å². The van der Waals surface area contributed by atoms with Gasteiger partial charge < -0.3 is 19.7 Å². The molecule has 1 aromatic carbocycles. The topological polar surface area (TPSA) is 112 Å². The number of aromatic nitrogens is 2. The minimum Gasteiger partial charge on any atom is -0.454 e. The fourth-order valence-corrected chi connectivity index (χ4v) is 6.17. The highest BCUT2D eigenvalue weighted by Gasteiger charge is 2.26. The predicted molar refractivity (Wildman–Crippen MR) is 144 cm³/mol. The third-order valence-corrected chi connectivity index (χ3v) is 7.96. The molecule has 0 bridgehead atoms. The molecule has 5 rings (SSSR count). The Morgan fingerprint density at radius 2 is 1.82 bits per heavy atom. The van der Waals surface area contributed by atoms with Crippen molar-refractivity contribution < 1.29 is 19.1 Å². The van der Waals surface area contributed by atoms with Crippen molar-refractivity contribution in [2.75, 3.05) is 19.9 Å². The largest absolute Gasteiger partial charge is 0.454 e. The zero-order chi connectivity index (χ0) is 26.8. The number of amides is 2. The van der Waals surface area contributed by atoms with Crippen LogP contribution in [0.2, 0.25) is 0 Å². The highest BCUT2D eigenvalue weighted by Crippen LogP contribution is 2.32. The number of hydrogen-bond donors (Lipinski definition) is 1. The van der Waals surface area contributed by atoms with E-state index in [2.05, 4.69) is 19.2 Å². The van der Waals surface area contributed by atoms with E-state index in [0.29, 0.717) is 59.6 Å². The van der Waals surface area contributed by atoms with Crippen LogP contribution in [-0.2, 0) is 29.2 Å². The zero-order valence-corrected chi connectivity index (χ0v) is 22.4. The summed E-state index contributed by atoms with van der Waals surface area (Å²) >= 11 is 1.25. The van der Waals surface area contributed by atoms with Gasteiger partial charge in [0.1, 0.15) is 11.2 Å². The first-order chi connectivity index (χ1) is 18.3. The maximum Gasteiger partial charge on any atom is 0.332 e. The van der Waals surface area contributed by atoms with Crippen molar-refractivity contribution in [2.45, 2.75) is 52.7 Å². The van der Waals surface area contributed by atoms with Gasteiger partial charge in [-0.05, 0) is 53.8 Å². The molecule has 3 aromatic rings. The van der Waals surface area contributed by atoms with Crippen LogP contribution in [0.25, 0.3) is 10.2 Å². The van der Waals surface area contributed by atoms with Crippen LogP contribution in [-0.4, -0.2) is 45.7 Å². The van der Waals surface area contributed by atoms with Crippen LogP contribution in [0.5, 0.6) is 11.5 Å². The summed E-state index contributed by atoms with van der Waals surface area (Å²) in [5.41, 5.74) is 0.457. The van der Waals surface area contributed by atoms with E-state index in [1.165, 1.54) is 15.9 Å². The molecule has 10 nitrogen and oxygen atoms in total. The van der Waals surface area contributed by atoms with Crippen LogP contribution in [0.3, 0.4) is 0 Å². The number of hydrogen-bond acceptors (Lipinski definition) is 7. The fraction of sp³-hybridized carbons (Fsp3) is 0.481. The number of likely N-dealkylation sites (tertiary alicyclic amines) is 1. The smallest absolute Gasteiger partial charge is 0.332 e. The normalized spacial score (nSPS) is 18.6. The van der Waals surface area contributed by atoms with E-state index in [0.717, 1.165) is 16.6 Å². The standard InChI is InChI=1S/C27H32N4O6S/c1-17-10-18(2)14-29(13-17)24(33)15-31-20-7-9-38-25(20)26(34)30(27(31)35)8-3-4-23(32)28-12-19-5-6-21-22(11-19)37-16-36-21/h5-7,9,11,17-18H,3-4,8,10,12-16H2,1-2H3,(H,28,32). The Hall–Kier alpha value is -3.60. The quantitative estimate of drug-likeness (QED) is 0.470. The van der Waals surface area contributed by atoms with E-state index < -0.39 is 5.69 Å². The number of carbonyl (C=O) groups excluding carboxylic acids is 2. The minimum absolute atomic E-state index is 0.0922. The first kappa shape index (κ1) is 26.0. The van der Waals surface area contributed by atoms with Gasteiger partial charge in [0.15, 0.2) is 11.5 Å². The molecule has 0 saturated carbocycles. The number of piperidine rings is 1. The summed E-state index contributed by atoms with van der Waals surface area (Å²) in [4.78, 5) is 53.8. The highest BCUT2D eigenvalue weighted by atomic mass is 32.1. The van der Waals surface area contributed by atoms with Crippen molar-refractivity contribution in [3.63, 3.8) is 0 Å². The molecule has 2 amide bonds. The van der Waals surface area contributed by atoms with Gasteiger partial charge in [0, 0.05) is 32.6 Å². The maximum atomic E-state index is 13.4. The molecule has 0 radical (unpaired) electrons. The summed E-state index contributed by atoms with van der Waals surface area (Å²) in [6.45, 7) is 6.11. The number of rotatable bonds is 8. The fourth-order valence-electron chi connectivity index (χ4n) is 5.32. The second-order valence-electron chi connectivity index (χ2n) is 10.3. The summed E-state index contributed by atoms with van der Waals surface area (Å²) in [6.07, 6.45) is 1.54. The summed E-state index contributed by atoms with van der Waals surface area (Å²) in [5.74, 6) is 1.85. The average molecular weight is 541 g/mol. The molecule has 2 aromatic heterocycles. The lowest BCUT2D eigenvalue weighted by molar-refractivity contribution is -0.134. The Morgan fingerprint density at radius 1 is 1.05 bits per heavy atom. The molecule has 2 unspecified atom stereocenters. The van der Waals surface area contributed by atoms with Gasteiger partial charge in [-0.1, -0.05) is 19.9 Å². The van der Waals surface area contributed by atoms with Gasteiger partial charge in [-0.25, -0.2) is 4.79 Å². The van der Waals surface area contributed by atoms with Crippen LogP contribution in [0.4, 0.5) is 0 Å². The SMILES string of the molecule is CC1CC(C)CN(C(=O)Cn2c(=O)n(CCCC(=O)NCc3ccc4c(c3)OCO4)c(=O)c3sccc32)C1. The summed E-state index contributed by atoms with van der Waals surface area (Å²) < 4.78 is 13.6. The van der Waals surface area contributed by atoms with Crippen LogP contribution in [0, 0.1) is 11.8 Å².